The second kappa shape index (κ2) is 4.24. The Kier molecular flexibility index (Phi) is 2.72. The van der Waals surface area contributed by atoms with Gasteiger partial charge in [-0.25, -0.2) is 27.4 Å². The number of anilines is 1. The average molecular weight is 298 g/mol. The van der Waals surface area contributed by atoms with Crippen LogP contribution in [0.2, 0.25) is 0 Å². The molecule has 2 amide bonds. The Bertz CT molecular complexity index is 716. The van der Waals surface area contributed by atoms with Crippen LogP contribution in [0.5, 0.6) is 0 Å². The van der Waals surface area contributed by atoms with Gasteiger partial charge in [0.05, 0.1) is 0 Å². The summed E-state index contributed by atoms with van der Waals surface area (Å²) >= 11 is 0. The van der Waals surface area contributed by atoms with Crippen molar-refractivity contribution in [3.05, 3.63) is 48.0 Å². The first-order chi connectivity index (χ1) is 9.89. The van der Waals surface area contributed by atoms with Gasteiger partial charge in [-0.3, -0.25) is 9.59 Å². The Morgan fingerprint density at radius 2 is 1.90 bits per heavy atom. The fraction of sp³-hybridized carbons (Fsp3) is 0.154. The monoisotopic (exact) mass is 298 g/mol. The normalized spacial score (nSPS) is 28.9. The van der Waals surface area contributed by atoms with E-state index >= 15 is 0 Å². The van der Waals surface area contributed by atoms with Crippen molar-refractivity contribution < 1.29 is 27.2 Å². The predicted octanol–water partition coefficient (Wildman–Crippen LogP) is 2.30. The van der Waals surface area contributed by atoms with E-state index in [1.54, 1.807) is 0 Å². The molecule has 1 aliphatic carbocycles. The second-order valence-electron chi connectivity index (χ2n) is 4.50. The number of carbonyl (C=O) groups excluding carboxylic acids is 2. The molecule has 1 aromatic heterocycles. The van der Waals surface area contributed by atoms with Gasteiger partial charge in [0.15, 0.2) is 17.5 Å². The number of alkyl halides is 1. The zero-order valence-corrected chi connectivity index (χ0v) is 10.2. The molecule has 21 heavy (non-hydrogen) atoms. The summed E-state index contributed by atoms with van der Waals surface area (Å²) in [6, 6.07) is 4.11. The minimum atomic E-state index is -3.58. The van der Waals surface area contributed by atoms with Gasteiger partial charge in [-0.15, -0.1) is 0 Å². The molecule has 2 atom stereocenters. The molecule has 8 heteroatoms. The molecule has 0 bridgehead atoms. The largest absolute Gasteiger partial charge is 0.281 e. The molecular weight excluding hydrogens is 292 g/mol. The van der Waals surface area contributed by atoms with Gasteiger partial charge in [-0.1, -0.05) is 6.07 Å². The maximum atomic E-state index is 14.6. The number of fused-ring (bicyclic) bond motifs is 1. The van der Waals surface area contributed by atoms with E-state index in [2.05, 4.69) is 4.98 Å². The zero-order valence-electron chi connectivity index (χ0n) is 10.2. The Balaban J connectivity index is 2.17. The third-order valence-electron chi connectivity index (χ3n) is 3.34. The Morgan fingerprint density at radius 1 is 1.19 bits per heavy atom. The van der Waals surface area contributed by atoms with E-state index in [4.69, 9.17) is 0 Å². The lowest BCUT2D eigenvalue weighted by Crippen LogP contribution is -2.41. The van der Waals surface area contributed by atoms with E-state index < -0.39 is 40.9 Å². The van der Waals surface area contributed by atoms with Crippen LogP contribution < -0.4 is 4.90 Å². The number of carbonyl (C=O) groups is 2. The quantitative estimate of drug-likeness (QED) is 0.590. The number of amides is 2. The number of pyridine rings is 1. The number of imide groups is 1. The molecule has 1 fully saturated rings. The smallest absolute Gasteiger partial charge is 0.273 e. The van der Waals surface area contributed by atoms with E-state index in [0.29, 0.717) is 0 Å². The lowest BCUT2D eigenvalue weighted by molar-refractivity contribution is -0.127. The van der Waals surface area contributed by atoms with Crippen LogP contribution >= 0.6 is 0 Å². The van der Waals surface area contributed by atoms with Crippen molar-refractivity contribution in [1.29, 1.82) is 0 Å². The number of rotatable bonds is 1. The van der Waals surface area contributed by atoms with Crippen LogP contribution in [0.1, 0.15) is 0 Å². The van der Waals surface area contributed by atoms with Crippen molar-refractivity contribution in [2.75, 3.05) is 4.90 Å². The first kappa shape index (κ1) is 13.5. The van der Waals surface area contributed by atoms with Crippen molar-refractivity contribution in [3.8, 4) is 0 Å². The van der Waals surface area contributed by atoms with E-state index in [1.165, 1.54) is 24.4 Å². The van der Waals surface area contributed by atoms with Crippen LogP contribution in [0.25, 0.3) is 0 Å². The SMILES string of the molecule is O=C1C2C=C(F)C(F)=C(F)C2(F)C(=O)N1c1ccccn1. The molecule has 2 heterocycles. The van der Waals surface area contributed by atoms with Crippen LogP contribution in [0.3, 0.4) is 0 Å². The predicted molar refractivity (Wildman–Crippen MR) is 62.5 cm³/mol. The molecule has 108 valence electrons. The maximum Gasteiger partial charge on any atom is 0.281 e. The molecule has 2 aliphatic rings. The number of hydrogen-bond donors (Lipinski definition) is 0. The second-order valence-corrected chi connectivity index (χ2v) is 4.50. The number of hydrogen-bond acceptors (Lipinski definition) is 3. The molecule has 4 nitrogen and oxygen atoms in total. The molecule has 0 N–H and O–H groups in total. The molecule has 1 aliphatic heterocycles. The van der Waals surface area contributed by atoms with Crippen molar-refractivity contribution in [3.63, 3.8) is 0 Å². The van der Waals surface area contributed by atoms with Gasteiger partial charge < -0.3 is 0 Å². The van der Waals surface area contributed by atoms with Gasteiger partial charge >= 0.3 is 0 Å². The van der Waals surface area contributed by atoms with E-state index in [-0.39, 0.29) is 16.8 Å². The number of allylic oxidation sites excluding steroid dienone is 2. The summed E-state index contributed by atoms with van der Waals surface area (Å²) in [7, 11) is 0. The lowest BCUT2D eigenvalue weighted by Gasteiger charge is -2.22. The number of nitrogens with zero attached hydrogens (tertiary/aromatic N) is 2. The van der Waals surface area contributed by atoms with Gasteiger partial charge in [0.1, 0.15) is 11.7 Å². The molecule has 1 aromatic rings. The van der Waals surface area contributed by atoms with E-state index in [1.807, 2.05) is 0 Å². The van der Waals surface area contributed by atoms with Gasteiger partial charge in [-0.05, 0) is 18.2 Å². The van der Waals surface area contributed by atoms with Gasteiger partial charge in [0.2, 0.25) is 5.91 Å². The van der Waals surface area contributed by atoms with Crippen LogP contribution in [-0.4, -0.2) is 22.5 Å². The third kappa shape index (κ3) is 1.58. The first-order valence-corrected chi connectivity index (χ1v) is 5.80. The molecule has 0 saturated carbocycles. The fourth-order valence-corrected chi connectivity index (χ4v) is 2.31. The van der Waals surface area contributed by atoms with Gasteiger partial charge in [0.25, 0.3) is 11.6 Å². The molecule has 3 rings (SSSR count). The summed E-state index contributed by atoms with van der Waals surface area (Å²) in [6.07, 6.45) is 1.49. The average Bonchev–Trinajstić information content (AvgIpc) is 2.67. The van der Waals surface area contributed by atoms with E-state index in [9.17, 15) is 27.2 Å². The molecule has 0 radical (unpaired) electrons. The highest BCUT2D eigenvalue weighted by Gasteiger charge is 2.66. The van der Waals surface area contributed by atoms with Crippen molar-refractivity contribution in [2.24, 2.45) is 5.92 Å². The highest BCUT2D eigenvalue weighted by Crippen LogP contribution is 2.48. The van der Waals surface area contributed by atoms with Crippen molar-refractivity contribution >= 4 is 17.6 Å². The summed E-state index contributed by atoms with van der Waals surface area (Å²) < 4.78 is 54.7. The minimum Gasteiger partial charge on any atom is -0.273 e. The van der Waals surface area contributed by atoms with Crippen LogP contribution in [0.15, 0.2) is 48.0 Å². The molecular formula is C13H6F4N2O2. The van der Waals surface area contributed by atoms with Crippen LogP contribution in [0, 0.1) is 5.92 Å². The highest BCUT2D eigenvalue weighted by molar-refractivity contribution is 6.26. The first-order valence-electron chi connectivity index (χ1n) is 5.80. The summed E-state index contributed by atoms with van der Waals surface area (Å²) in [6.45, 7) is 0. The topological polar surface area (TPSA) is 50.3 Å². The maximum absolute atomic E-state index is 14.6. The Hall–Kier alpha value is -2.51. The number of halogens is 4. The Morgan fingerprint density at radius 3 is 2.52 bits per heavy atom. The zero-order chi connectivity index (χ0) is 15.4. The minimum absolute atomic E-state index is 0.249. The van der Waals surface area contributed by atoms with E-state index in [0.717, 1.165) is 0 Å². The molecule has 0 spiro atoms. The summed E-state index contributed by atoms with van der Waals surface area (Å²) in [4.78, 5) is 28.1. The third-order valence-corrected chi connectivity index (χ3v) is 3.34. The summed E-state index contributed by atoms with van der Waals surface area (Å²) in [5, 5.41) is 0. The highest BCUT2D eigenvalue weighted by atomic mass is 19.2. The van der Waals surface area contributed by atoms with Crippen LogP contribution in [-0.2, 0) is 9.59 Å². The summed E-state index contributed by atoms with van der Waals surface area (Å²) in [5.41, 5.74) is -3.58. The molecule has 0 aromatic carbocycles. The Labute approximate surface area is 115 Å². The van der Waals surface area contributed by atoms with Crippen LogP contribution in [0.4, 0.5) is 23.4 Å². The molecule has 1 saturated heterocycles. The van der Waals surface area contributed by atoms with Gasteiger partial charge in [-0.2, -0.15) is 0 Å². The fourth-order valence-electron chi connectivity index (χ4n) is 2.31. The van der Waals surface area contributed by atoms with Crippen molar-refractivity contribution in [2.45, 2.75) is 5.67 Å². The molecule has 2 unspecified atom stereocenters. The standard InChI is InChI=1S/C13H6F4N2O2/c14-7-5-6-11(20)19(8-3-1-2-4-18-8)12(21)13(6,17)10(16)9(7)15/h1-6H. The van der Waals surface area contributed by atoms with Gasteiger partial charge in [0, 0.05) is 6.20 Å². The number of aromatic nitrogens is 1. The van der Waals surface area contributed by atoms with Crippen molar-refractivity contribution in [1.82, 2.24) is 4.98 Å². The lowest BCUT2D eigenvalue weighted by atomic mass is 9.86. The summed E-state index contributed by atoms with van der Waals surface area (Å²) in [5.74, 6) is -11.2.